The molecule has 0 atom stereocenters. The van der Waals surface area contributed by atoms with E-state index in [4.69, 9.17) is 0 Å². The molecule has 0 unspecified atom stereocenters. The van der Waals surface area contributed by atoms with Crippen LogP contribution in [-0.2, 0) is 6.54 Å². The molecule has 1 aromatic carbocycles. The molecule has 21 heavy (non-hydrogen) atoms. The molecule has 0 fully saturated rings. The van der Waals surface area contributed by atoms with Gasteiger partial charge in [0.15, 0.2) is 5.69 Å². The smallest absolute Gasteiger partial charge is 0.271 e. The first-order valence-electron chi connectivity index (χ1n) is 7.10. The summed E-state index contributed by atoms with van der Waals surface area (Å²) < 4.78 is 0. The van der Waals surface area contributed by atoms with Crippen molar-refractivity contribution in [3.63, 3.8) is 0 Å². The summed E-state index contributed by atoms with van der Waals surface area (Å²) in [5, 5.41) is 13.9. The van der Waals surface area contributed by atoms with Crippen LogP contribution in [0.15, 0.2) is 36.4 Å². The molecule has 0 bridgehead atoms. The molecule has 1 amide bonds. The van der Waals surface area contributed by atoms with Crippen molar-refractivity contribution >= 4 is 11.7 Å². The minimum Gasteiger partial charge on any atom is -0.365 e. The van der Waals surface area contributed by atoms with Crippen molar-refractivity contribution in [2.24, 2.45) is 0 Å². The molecule has 1 aromatic heterocycles. The van der Waals surface area contributed by atoms with Crippen LogP contribution in [0.5, 0.6) is 0 Å². The zero-order valence-electron chi connectivity index (χ0n) is 12.4. The third-order valence-electron chi connectivity index (χ3n) is 2.99. The zero-order chi connectivity index (χ0) is 15.1. The van der Waals surface area contributed by atoms with Crippen molar-refractivity contribution in [2.45, 2.75) is 26.8 Å². The Balaban J connectivity index is 1.92. The minimum atomic E-state index is -0.186. The fraction of sp³-hybridized carbons (Fsp3) is 0.312. The maximum atomic E-state index is 11.7. The normalized spacial score (nSPS) is 10.2. The van der Waals surface area contributed by atoms with Gasteiger partial charge in [0, 0.05) is 13.1 Å². The number of nitrogens with one attached hydrogen (secondary N) is 2. The summed E-state index contributed by atoms with van der Waals surface area (Å²) >= 11 is 0. The van der Waals surface area contributed by atoms with Crippen LogP contribution in [0.3, 0.4) is 0 Å². The van der Waals surface area contributed by atoms with Crippen molar-refractivity contribution in [3.8, 4) is 0 Å². The second kappa shape index (κ2) is 7.38. The van der Waals surface area contributed by atoms with Gasteiger partial charge in [-0.15, -0.1) is 10.2 Å². The number of carbonyl (C=O) groups is 1. The van der Waals surface area contributed by atoms with Crippen molar-refractivity contribution in [3.05, 3.63) is 53.2 Å². The van der Waals surface area contributed by atoms with E-state index in [-0.39, 0.29) is 5.91 Å². The predicted octanol–water partition coefficient (Wildman–Crippen LogP) is 2.54. The fourth-order valence-electron chi connectivity index (χ4n) is 1.89. The van der Waals surface area contributed by atoms with Crippen LogP contribution in [0.4, 0.5) is 5.82 Å². The van der Waals surface area contributed by atoms with Crippen molar-refractivity contribution in [2.75, 3.05) is 11.9 Å². The largest absolute Gasteiger partial charge is 0.365 e. The Kier molecular flexibility index (Phi) is 5.26. The van der Waals surface area contributed by atoms with E-state index in [0.29, 0.717) is 24.6 Å². The molecule has 5 heteroatoms. The number of benzene rings is 1. The third-order valence-corrected chi connectivity index (χ3v) is 2.99. The van der Waals surface area contributed by atoms with Gasteiger partial charge in [0.25, 0.3) is 5.91 Å². The number of hydrogen-bond acceptors (Lipinski definition) is 4. The van der Waals surface area contributed by atoms with Crippen molar-refractivity contribution < 1.29 is 4.79 Å². The molecule has 0 aliphatic rings. The fourth-order valence-corrected chi connectivity index (χ4v) is 1.89. The van der Waals surface area contributed by atoms with E-state index >= 15 is 0 Å². The number of nitrogens with zero attached hydrogens (tertiary/aromatic N) is 2. The number of aromatic nitrogens is 2. The average Bonchev–Trinajstić information content (AvgIpc) is 2.51. The van der Waals surface area contributed by atoms with Gasteiger partial charge in [0.05, 0.1) is 0 Å². The van der Waals surface area contributed by atoms with Crippen LogP contribution in [0.25, 0.3) is 0 Å². The first-order valence-corrected chi connectivity index (χ1v) is 7.10. The Bertz CT molecular complexity index is 595. The molecule has 2 aromatic rings. The van der Waals surface area contributed by atoms with Gasteiger partial charge < -0.3 is 10.6 Å². The van der Waals surface area contributed by atoms with Gasteiger partial charge >= 0.3 is 0 Å². The molecular formula is C16H20N4O. The van der Waals surface area contributed by atoms with Gasteiger partial charge in [-0.1, -0.05) is 36.8 Å². The molecule has 0 saturated carbocycles. The molecular weight excluding hydrogens is 264 g/mol. The van der Waals surface area contributed by atoms with Crippen LogP contribution >= 0.6 is 0 Å². The van der Waals surface area contributed by atoms with Crippen LogP contribution < -0.4 is 10.6 Å². The third kappa shape index (κ3) is 4.56. The van der Waals surface area contributed by atoms with E-state index < -0.39 is 0 Å². The monoisotopic (exact) mass is 284 g/mol. The summed E-state index contributed by atoms with van der Waals surface area (Å²) in [7, 11) is 0. The number of rotatable bonds is 6. The number of amides is 1. The Morgan fingerprint density at radius 3 is 2.71 bits per heavy atom. The number of aryl methyl sites for hydroxylation is 1. The summed E-state index contributed by atoms with van der Waals surface area (Å²) in [6.07, 6.45) is 0.898. The van der Waals surface area contributed by atoms with Crippen LogP contribution in [-0.4, -0.2) is 22.6 Å². The van der Waals surface area contributed by atoms with E-state index in [1.807, 2.05) is 13.0 Å². The van der Waals surface area contributed by atoms with E-state index in [1.165, 1.54) is 11.1 Å². The zero-order valence-corrected chi connectivity index (χ0v) is 12.4. The molecule has 2 N–H and O–H groups in total. The molecule has 1 heterocycles. The quantitative estimate of drug-likeness (QED) is 0.855. The SMILES string of the molecule is CCCNC(=O)c1ccc(NCc2cccc(C)c2)nn1. The molecule has 110 valence electrons. The highest BCUT2D eigenvalue weighted by molar-refractivity contribution is 5.92. The number of carbonyl (C=O) groups excluding carboxylic acids is 1. The summed E-state index contributed by atoms with van der Waals surface area (Å²) in [5.41, 5.74) is 2.74. The first-order chi connectivity index (χ1) is 10.2. The summed E-state index contributed by atoms with van der Waals surface area (Å²) in [4.78, 5) is 11.7. The molecule has 2 rings (SSSR count). The topological polar surface area (TPSA) is 66.9 Å². The first kappa shape index (κ1) is 15.0. The lowest BCUT2D eigenvalue weighted by Crippen LogP contribution is -2.25. The minimum absolute atomic E-state index is 0.186. The average molecular weight is 284 g/mol. The Hall–Kier alpha value is -2.43. The maximum Gasteiger partial charge on any atom is 0.271 e. The summed E-state index contributed by atoms with van der Waals surface area (Å²) in [5.74, 6) is 0.470. The Morgan fingerprint density at radius 1 is 1.19 bits per heavy atom. The van der Waals surface area contributed by atoms with Crippen molar-refractivity contribution in [1.29, 1.82) is 0 Å². The van der Waals surface area contributed by atoms with Crippen LogP contribution in [0.2, 0.25) is 0 Å². The van der Waals surface area contributed by atoms with E-state index in [1.54, 1.807) is 12.1 Å². The Labute approximate surface area is 124 Å². The van der Waals surface area contributed by atoms with Crippen LogP contribution in [0, 0.1) is 6.92 Å². The predicted molar refractivity (Wildman–Crippen MR) is 83.2 cm³/mol. The van der Waals surface area contributed by atoms with E-state index in [2.05, 4.69) is 46.0 Å². The van der Waals surface area contributed by atoms with Gasteiger partial charge in [-0.2, -0.15) is 0 Å². The number of anilines is 1. The highest BCUT2D eigenvalue weighted by atomic mass is 16.1. The van der Waals surface area contributed by atoms with E-state index in [0.717, 1.165) is 6.42 Å². The summed E-state index contributed by atoms with van der Waals surface area (Å²) in [6, 6.07) is 11.7. The van der Waals surface area contributed by atoms with E-state index in [9.17, 15) is 4.79 Å². The maximum absolute atomic E-state index is 11.7. The van der Waals surface area contributed by atoms with Gasteiger partial charge in [-0.25, -0.2) is 0 Å². The van der Waals surface area contributed by atoms with Crippen LogP contribution in [0.1, 0.15) is 35.0 Å². The lowest BCUT2D eigenvalue weighted by molar-refractivity contribution is 0.0947. The molecule has 0 aliphatic carbocycles. The Morgan fingerprint density at radius 2 is 2.05 bits per heavy atom. The van der Waals surface area contributed by atoms with Gasteiger partial charge in [-0.05, 0) is 31.0 Å². The molecule has 0 spiro atoms. The summed E-state index contributed by atoms with van der Waals surface area (Å²) in [6.45, 7) is 5.39. The second-order valence-corrected chi connectivity index (χ2v) is 4.90. The standard InChI is InChI=1S/C16H20N4O/c1-3-9-17-16(21)14-7-8-15(20-19-14)18-11-13-6-4-5-12(2)10-13/h4-8,10H,3,9,11H2,1-2H3,(H,17,21)(H,18,20). The van der Waals surface area contributed by atoms with Gasteiger partial charge in [-0.3, -0.25) is 4.79 Å². The van der Waals surface area contributed by atoms with Gasteiger partial charge in [0.1, 0.15) is 5.82 Å². The molecule has 5 nitrogen and oxygen atoms in total. The lowest BCUT2D eigenvalue weighted by atomic mass is 10.1. The lowest BCUT2D eigenvalue weighted by Gasteiger charge is -2.07. The number of hydrogen-bond donors (Lipinski definition) is 2. The van der Waals surface area contributed by atoms with Gasteiger partial charge in [0.2, 0.25) is 0 Å². The molecule has 0 radical (unpaired) electrons. The highest BCUT2D eigenvalue weighted by Crippen LogP contribution is 2.08. The van der Waals surface area contributed by atoms with Crippen molar-refractivity contribution in [1.82, 2.24) is 15.5 Å². The molecule has 0 saturated heterocycles. The second-order valence-electron chi connectivity index (χ2n) is 4.90. The molecule has 0 aliphatic heterocycles. The highest BCUT2D eigenvalue weighted by Gasteiger charge is 2.06.